The average molecular weight is 270 g/mol. The number of rotatable bonds is 7. The van der Waals surface area contributed by atoms with Crippen LogP contribution in [0.5, 0.6) is 0 Å². The van der Waals surface area contributed by atoms with Crippen molar-refractivity contribution in [3.05, 3.63) is 0 Å². The van der Waals surface area contributed by atoms with Gasteiger partial charge in [-0.1, -0.05) is 6.92 Å². The molecule has 1 fully saturated rings. The van der Waals surface area contributed by atoms with Gasteiger partial charge in [-0.3, -0.25) is 9.59 Å². The highest BCUT2D eigenvalue weighted by molar-refractivity contribution is 5.79. The SMILES string of the molecule is CCCNC(=O)CCCC(=O)N1CCCC(CO)C1. The van der Waals surface area contributed by atoms with E-state index in [1.165, 1.54) is 0 Å². The molecule has 1 saturated heterocycles. The molecule has 2 amide bonds. The average Bonchev–Trinajstić information content (AvgIpc) is 2.45. The van der Waals surface area contributed by atoms with E-state index in [0.29, 0.717) is 32.4 Å². The zero-order valence-electron chi connectivity index (χ0n) is 11.9. The van der Waals surface area contributed by atoms with Crippen molar-refractivity contribution >= 4 is 11.8 Å². The van der Waals surface area contributed by atoms with Crippen LogP contribution in [0.1, 0.15) is 45.4 Å². The van der Waals surface area contributed by atoms with Crippen molar-refractivity contribution in [1.29, 1.82) is 0 Å². The smallest absolute Gasteiger partial charge is 0.222 e. The van der Waals surface area contributed by atoms with Crippen molar-refractivity contribution in [1.82, 2.24) is 10.2 Å². The van der Waals surface area contributed by atoms with Crippen LogP contribution in [-0.4, -0.2) is 48.1 Å². The number of hydrogen-bond acceptors (Lipinski definition) is 3. The summed E-state index contributed by atoms with van der Waals surface area (Å²) in [4.78, 5) is 25.2. The van der Waals surface area contributed by atoms with Crippen LogP contribution in [0.25, 0.3) is 0 Å². The first-order chi connectivity index (χ1) is 9.17. The fourth-order valence-electron chi connectivity index (χ4n) is 2.35. The van der Waals surface area contributed by atoms with Crippen molar-refractivity contribution in [3.63, 3.8) is 0 Å². The van der Waals surface area contributed by atoms with Crippen molar-refractivity contribution < 1.29 is 14.7 Å². The van der Waals surface area contributed by atoms with Crippen LogP contribution in [0.2, 0.25) is 0 Å². The van der Waals surface area contributed by atoms with Gasteiger partial charge in [-0.25, -0.2) is 0 Å². The second kappa shape index (κ2) is 8.91. The van der Waals surface area contributed by atoms with Crippen LogP contribution < -0.4 is 5.32 Å². The minimum absolute atomic E-state index is 0.0292. The summed E-state index contributed by atoms with van der Waals surface area (Å²) in [5.41, 5.74) is 0. The molecule has 2 N–H and O–H groups in total. The summed E-state index contributed by atoms with van der Waals surface area (Å²) in [7, 11) is 0. The lowest BCUT2D eigenvalue weighted by Crippen LogP contribution is -2.40. The molecule has 5 nitrogen and oxygen atoms in total. The molecule has 0 radical (unpaired) electrons. The highest BCUT2D eigenvalue weighted by Gasteiger charge is 2.22. The Morgan fingerprint density at radius 3 is 2.84 bits per heavy atom. The van der Waals surface area contributed by atoms with Crippen LogP contribution in [0.4, 0.5) is 0 Å². The zero-order valence-corrected chi connectivity index (χ0v) is 11.9. The van der Waals surface area contributed by atoms with Gasteiger partial charge >= 0.3 is 0 Å². The fourth-order valence-corrected chi connectivity index (χ4v) is 2.35. The first kappa shape index (κ1) is 16.0. The van der Waals surface area contributed by atoms with Crippen LogP contribution in [0.15, 0.2) is 0 Å². The molecule has 0 aromatic carbocycles. The lowest BCUT2D eigenvalue weighted by Gasteiger charge is -2.31. The first-order valence-electron chi connectivity index (χ1n) is 7.32. The topological polar surface area (TPSA) is 69.6 Å². The van der Waals surface area contributed by atoms with Crippen LogP contribution in [0.3, 0.4) is 0 Å². The van der Waals surface area contributed by atoms with E-state index in [2.05, 4.69) is 5.32 Å². The molecule has 1 unspecified atom stereocenters. The van der Waals surface area contributed by atoms with Gasteiger partial charge in [0.05, 0.1) is 0 Å². The number of nitrogens with one attached hydrogen (secondary N) is 1. The van der Waals surface area contributed by atoms with Gasteiger partial charge in [0.1, 0.15) is 0 Å². The van der Waals surface area contributed by atoms with E-state index < -0.39 is 0 Å². The summed E-state index contributed by atoms with van der Waals surface area (Å²) >= 11 is 0. The van der Waals surface area contributed by atoms with E-state index in [0.717, 1.165) is 25.8 Å². The molecular formula is C14H26N2O3. The summed E-state index contributed by atoms with van der Waals surface area (Å²) in [5, 5.41) is 11.9. The first-order valence-corrected chi connectivity index (χ1v) is 7.32. The Labute approximate surface area is 115 Å². The van der Waals surface area contributed by atoms with Crippen molar-refractivity contribution in [2.24, 2.45) is 5.92 Å². The third-order valence-electron chi connectivity index (χ3n) is 3.50. The monoisotopic (exact) mass is 270 g/mol. The van der Waals surface area contributed by atoms with E-state index in [1.54, 1.807) is 0 Å². The molecule has 5 heteroatoms. The number of carbonyl (C=O) groups is 2. The molecule has 0 saturated carbocycles. The van der Waals surface area contributed by atoms with Gasteiger partial charge in [-0.05, 0) is 31.6 Å². The summed E-state index contributed by atoms with van der Waals surface area (Å²) in [6.07, 6.45) is 4.35. The molecule has 0 aromatic heterocycles. The largest absolute Gasteiger partial charge is 0.396 e. The van der Waals surface area contributed by atoms with Gasteiger partial charge in [0.15, 0.2) is 0 Å². The Hall–Kier alpha value is -1.10. The maximum absolute atomic E-state index is 12.0. The Morgan fingerprint density at radius 1 is 1.37 bits per heavy atom. The molecule has 1 aliphatic rings. The normalized spacial score (nSPS) is 19.3. The molecule has 1 aliphatic heterocycles. The van der Waals surface area contributed by atoms with Crippen molar-refractivity contribution in [3.8, 4) is 0 Å². The number of aliphatic hydroxyl groups is 1. The van der Waals surface area contributed by atoms with Crippen molar-refractivity contribution in [2.45, 2.75) is 45.4 Å². The molecule has 0 aromatic rings. The molecule has 110 valence electrons. The van der Waals surface area contributed by atoms with Gasteiger partial charge in [-0.15, -0.1) is 0 Å². The summed E-state index contributed by atoms with van der Waals surface area (Å²) in [6.45, 7) is 4.33. The summed E-state index contributed by atoms with van der Waals surface area (Å²) in [5.74, 6) is 0.369. The molecule has 0 spiro atoms. The van der Waals surface area contributed by atoms with Crippen LogP contribution in [-0.2, 0) is 9.59 Å². The number of carbonyl (C=O) groups excluding carboxylic acids is 2. The van der Waals surface area contributed by atoms with E-state index in [1.807, 2.05) is 11.8 Å². The van der Waals surface area contributed by atoms with E-state index in [9.17, 15) is 9.59 Å². The van der Waals surface area contributed by atoms with Crippen molar-refractivity contribution in [2.75, 3.05) is 26.2 Å². The lowest BCUT2D eigenvalue weighted by molar-refractivity contribution is -0.133. The quantitative estimate of drug-likeness (QED) is 0.722. The number of hydrogen-bond donors (Lipinski definition) is 2. The third-order valence-corrected chi connectivity index (χ3v) is 3.50. The molecular weight excluding hydrogens is 244 g/mol. The maximum atomic E-state index is 12.0. The minimum Gasteiger partial charge on any atom is -0.396 e. The molecule has 0 aliphatic carbocycles. The molecule has 1 rings (SSSR count). The van der Waals surface area contributed by atoms with Gasteiger partial charge in [0.2, 0.25) is 11.8 Å². The van der Waals surface area contributed by atoms with Gasteiger partial charge in [0, 0.05) is 39.1 Å². The number of amides is 2. The van der Waals surface area contributed by atoms with Gasteiger partial charge in [-0.2, -0.15) is 0 Å². The van der Waals surface area contributed by atoms with Crippen LogP contribution in [0, 0.1) is 5.92 Å². The number of likely N-dealkylation sites (tertiary alicyclic amines) is 1. The maximum Gasteiger partial charge on any atom is 0.222 e. The Kier molecular flexibility index (Phi) is 7.48. The zero-order chi connectivity index (χ0) is 14.1. The highest BCUT2D eigenvalue weighted by atomic mass is 16.3. The highest BCUT2D eigenvalue weighted by Crippen LogP contribution is 2.17. The Bertz CT molecular complexity index is 294. The van der Waals surface area contributed by atoms with E-state index >= 15 is 0 Å². The summed E-state index contributed by atoms with van der Waals surface area (Å²) in [6, 6.07) is 0. The predicted molar refractivity (Wildman–Crippen MR) is 73.5 cm³/mol. The Balaban J connectivity index is 2.18. The van der Waals surface area contributed by atoms with Crippen LogP contribution >= 0.6 is 0 Å². The van der Waals surface area contributed by atoms with Gasteiger partial charge in [0.25, 0.3) is 0 Å². The molecule has 1 atom stereocenters. The van der Waals surface area contributed by atoms with Gasteiger partial charge < -0.3 is 15.3 Å². The van der Waals surface area contributed by atoms with E-state index in [-0.39, 0.29) is 24.3 Å². The lowest BCUT2D eigenvalue weighted by atomic mass is 9.98. The predicted octanol–water partition coefficient (Wildman–Crippen LogP) is 0.914. The Morgan fingerprint density at radius 2 is 2.16 bits per heavy atom. The second-order valence-corrected chi connectivity index (χ2v) is 5.23. The molecule has 19 heavy (non-hydrogen) atoms. The van der Waals surface area contributed by atoms with E-state index in [4.69, 9.17) is 5.11 Å². The molecule has 1 heterocycles. The second-order valence-electron chi connectivity index (χ2n) is 5.23. The molecule has 0 bridgehead atoms. The fraction of sp³-hybridized carbons (Fsp3) is 0.857. The number of aliphatic hydroxyl groups excluding tert-OH is 1. The standard InChI is InChI=1S/C14H26N2O3/c1-2-8-15-13(18)6-3-7-14(19)16-9-4-5-12(10-16)11-17/h12,17H,2-11H2,1H3,(H,15,18). The third kappa shape index (κ3) is 6.05. The summed E-state index contributed by atoms with van der Waals surface area (Å²) < 4.78 is 0. The minimum atomic E-state index is 0.0292. The number of piperidine rings is 1. The number of nitrogens with zero attached hydrogens (tertiary/aromatic N) is 1.